The zero-order valence-corrected chi connectivity index (χ0v) is 9.64. The Morgan fingerprint density at radius 1 is 1.47 bits per heavy atom. The zero-order valence-electron chi connectivity index (χ0n) is 9.64. The number of benzene rings is 1. The van der Waals surface area contributed by atoms with Crippen LogP contribution in [0.3, 0.4) is 0 Å². The average Bonchev–Trinajstić information content (AvgIpc) is 2.27. The minimum atomic E-state index is -0.904. The Morgan fingerprint density at radius 3 is 2.76 bits per heavy atom. The molecule has 17 heavy (non-hydrogen) atoms. The lowest BCUT2D eigenvalue weighted by Gasteiger charge is -2.10. The van der Waals surface area contributed by atoms with Crippen LogP contribution in [-0.2, 0) is 16.0 Å². The summed E-state index contributed by atoms with van der Waals surface area (Å²) in [4.78, 5) is 22.1. The molecule has 5 heteroatoms. The number of carbonyl (C=O) groups excluding carboxylic acids is 1. The highest BCUT2D eigenvalue weighted by Crippen LogP contribution is 2.11. The summed E-state index contributed by atoms with van der Waals surface area (Å²) in [5, 5.41) is 11.3. The molecule has 1 atom stereocenters. The van der Waals surface area contributed by atoms with Crippen LogP contribution in [0.15, 0.2) is 24.3 Å². The SMILES string of the molecule is CC[C@H](N)C(=O)Nc1cccc(CC(=O)O)c1. The topological polar surface area (TPSA) is 92.4 Å². The Kier molecular flexibility index (Phi) is 4.66. The first kappa shape index (κ1) is 13.2. The highest BCUT2D eigenvalue weighted by Gasteiger charge is 2.11. The number of carboxylic acids is 1. The Morgan fingerprint density at radius 2 is 2.18 bits per heavy atom. The summed E-state index contributed by atoms with van der Waals surface area (Å²) in [7, 11) is 0. The van der Waals surface area contributed by atoms with Crippen LogP contribution in [0.25, 0.3) is 0 Å². The van der Waals surface area contributed by atoms with Gasteiger partial charge in [0.2, 0.25) is 5.91 Å². The molecule has 0 heterocycles. The molecular weight excluding hydrogens is 220 g/mol. The van der Waals surface area contributed by atoms with Gasteiger partial charge in [-0.1, -0.05) is 19.1 Å². The third-order valence-electron chi connectivity index (χ3n) is 2.33. The number of amides is 1. The Labute approximate surface area is 99.6 Å². The second-order valence-corrected chi connectivity index (χ2v) is 3.77. The molecule has 0 aliphatic heterocycles. The van der Waals surface area contributed by atoms with Crippen LogP contribution in [0.5, 0.6) is 0 Å². The van der Waals surface area contributed by atoms with Gasteiger partial charge in [0, 0.05) is 5.69 Å². The number of aliphatic carboxylic acids is 1. The van der Waals surface area contributed by atoms with E-state index in [0.29, 0.717) is 17.7 Å². The molecule has 1 rings (SSSR count). The third kappa shape index (κ3) is 4.24. The summed E-state index contributed by atoms with van der Waals surface area (Å²) >= 11 is 0. The molecular formula is C12H16N2O3. The van der Waals surface area contributed by atoms with Crippen LogP contribution in [0.2, 0.25) is 0 Å². The zero-order chi connectivity index (χ0) is 12.8. The van der Waals surface area contributed by atoms with Crippen molar-refractivity contribution in [2.75, 3.05) is 5.32 Å². The molecule has 0 unspecified atom stereocenters. The van der Waals surface area contributed by atoms with Crippen molar-refractivity contribution in [1.82, 2.24) is 0 Å². The van der Waals surface area contributed by atoms with Gasteiger partial charge in [0.15, 0.2) is 0 Å². The van der Waals surface area contributed by atoms with Crippen LogP contribution in [-0.4, -0.2) is 23.0 Å². The monoisotopic (exact) mass is 236 g/mol. The quantitative estimate of drug-likeness (QED) is 0.710. The van der Waals surface area contributed by atoms with Crippen molar-refractivity contribution in [3.05, 3.63) is 29.8 Å². The maximum Gasteiger partial charge on any atom is 0.307 e. The third-order valence-corrected chi connectivity index (χ3v) is 2.33. The summed E-state index contributed by atoms with van der Waals surface area (Å²) in [6.07, 6.45) is 0.490. The standard InChI is InChI=1S/C12H16N2O3/c1-2-10(13)12(17)14-9-5-3-4-8(6-9)7-11(15)16/h3-6,10H,2,7,13H2,1H3,(H,14,17)(H,15,16)/t10-/m0/s1. The molecule has 0 saturated carbocycles. The van der Waals surface area contributed by atoms with Gasteiger partial charge >= 0.3 is 5.97 Å². The number of carbonyl (C=O) groups is 2. The van der Waals surface area contributed by atoms with Gasteiger partial charge in [-0.2, -0.15) is 0 Å². The average molecular weight is 236 g/mol. The van der Waals surface area contributed by atoms with E-state index in [0.717, 1.165) is 0 Å². The van der Waals surface area contributed by atoms with E-state index in [1.807, 2.05) is 6.92 Å². The van der Waals surface area contributed by atoms with E-state index < -0.39 is 12.0 Å². The van der Waals surface area contributed by atoms with Crippen LogP contribution in [0.1, 0.15) is 18.9 Å². The van der Waals surface area contributed by atoms with Crippen molar-refractivity contribution in [2.45, 2.75) is 25.8 Å². The molecule has 0 saturated heterocycles. The smallest absolute Gasteiger partial charge is 0.307 e. The predicted molar refractivity (Wildman–Crippen MR) is 64.7 cm³/mol. The van der Waals surface area contributed by atoms with E-state index in [1.54, 1.807) is 24.3 Å². The Balaban J connectivity index is 2.72. The van der Waals surface area contributed by atoms with E-state index in [9.17, 15) is 9.59 Å². The number of rotatable bonds is 5. The number of hydrogen-bond acceptors (Lipinski definition) is 3. The number of nitrogens with two attached hydrogens (primary N) is 1. The Hall–Kier alpha value is -1.88. The largest absolute Gasteiger partial charge is 0.481 e. The van der Waals surface area contributed by atoms with Gasteiger partial charge in [0.25, 0.3) is 0 Å². The summed E-state index contributed by atoms with van der Waals surface area (Å²) in [5.74, 6) is -1.17. The van der Waals surface area contributed by atoms with Crippen LogP contribution in [0, 0.1) is 0 Å². The number of anilines is 1. The fourth-order valence-electron chi connectivity index (χ4n) is 1.35. The van der Waals surface area contributed by atoms with E-state index >= 15 is 0 Å². The molecule has 92 valence electrons. The van der Waals surface area contributed by atoms with Gasteiger partial charge in [-0.15, -0.1) is 0 Å². The molecule has 0 aliphatic carbocycles. The van der Waals surface area contributed by atoms with E-state index in [1.165, 1.54) is 0 Å². The van der Waals surface area contributed by atoms with Gasteiger partial charge in [-0.05, 0) is 24.1 Å². The first-order valence-corrected chi connectivity index (χ1v) is 5.40. The lowest BCUT2D eigenvalue weighted by Crippen LogP contribution is -2.34. The maximum atomic E-state index is 11.5. The van der Waals surface area contributed by atoms with Crippen LogP contribution < -0.4 is 11.1 Å². The molecule has 0 spiro atoms. The van der Waals surface area contributed by atoms with Gasteiger partial charge in [-0.25, -0.2) is 0 Å². The minimum Gasteiger partial charge on any atom is -0.481 e. The summed E-state index contributed by atoms with van der Waals surface area (Å²) < 4.78 is 0. The number of hydrogen-bond donors (Lipinski definition) is 3. The fourth-order valence-corrected chi connectivity index (χ4v) is 1.35. The van der Waals surface area contributed by atoms with E-state index in [-0.39, 0.29) is 12.3 Å². The Bertz CT molecular complexity index is 418. The van der Waals surface area contributed by atoms with E-state index in [4.69, 9.17) is 10.8 Å². The summed E-state index contributed by atoms with van der Waals surface area (Å²) in [6, 6.07) is 6.19. The first-order valence-electron chi connectivity index (χ1n) is 5.40. The van der Waals surface area contributed by atoms with Crippen molar-refractivity contribution in [1.29, 1.82) is 0 Å². The predicted octanol–water partition coefficient (Wildman–Crippen LogP) is 0.989. The van der Waals surface area contributed by atoms with Gasteiger partial charge in [0.1, 0.15) is 0 Å². The van der Waals surface area contributed by atoms with Crippen molar-refractivity contribution in [2.24, 2.45) is 5.73 Å². The second kappa shape index (κ2) is 6.00. The molecule has 0 fully saturated rings. The molecule has 0 radical (unpaired) electrons. The molecule has 5 nitrogen and oxygen atoms in total. The lowest BCUT2D eigenvalue weighted by atomic mass is 10.1. The van der Waals surface area contributed by atoms with Crippen molar-refractivity contribution in [3.8, 4) is 0 Å². The fraction of sp³-hybridized carbons (Fsp3) is 0.333. The lowest BCUT2D eigenvalue weighted by molar-refractivity contribution is -0.136. The molecule has 1 aromatic rings. The van der Waals surface area contributed by atoms with Gasteiger partial charge in [-0.3, -0.25) is 9.59 Å². The van der Waals surface area contributed by atoms with Crippen molar-refractivity contribution in [3.63, 3.8) is 0 Å². The molecule has 0 aliphatic rings. The first-order chi connectivity index (χ1) is 8.02. The minimum absolute atomic E-state index is 0.0659. The van der Waals surface area contributed by atoms with Crippen LogP contribution >= 0.6 is 0 Å². The van der Waals surface area contributed by atoms with Crippen LogP contribution in [0.4, 0.5) is 5.69 Å². The van der Waals surface area contributed by atoms with E-state index in [2.05, 4.69) is 5.32 Å². The summed E-state index contributed by atoms with van der Waals surface area (Å²) in [6.45, 7) is 1.82. The molecule has 1 aromatic carbocycles. The molecule has 0 aromatic heterocycles. The maximum absolute atomic E-state index is 11.5. The molecule has 4 N–H and O–H groups in total. The highest BCUT2D eigenvalue weighted by atomic mass is 16.4. The van der Waals surface area contributed by atoms with Crippen molar-refractivity contribution >= 4 is 17.6 Å². The molecule has 0 bridgehead atoms. The van der Waals surface area contributed by atoms with Gasteiger partial charge < -0.3 is 16.2 Å². The van der Waals surface area contributed by atoms with Crippen molar-refractivity contribution < 1.29 is 14.7 Å². The highest BCUT2D eigenvalue weighted by molar-refractivity contribution is 5.94. The second-order valence-electron chi connectivity index (χ2n) is 3.77. The number of nitrogens with one attached hydrogen (secondary N) is 1. The molecule has 1 amide bonds. The van der Waals surface area contributed by atoms with Gasteiger partial charge in [0.05, 0.1) is 12.5 Å². The summed E-state index contributed by atoms with van der Waals surface area (Å²) in [5.41, 5.74) is 6.78. The normalized spacial score (nSPS) is 11.9. The number of carboxylic acid groups (broad SMARTS) is 1.